The Labute approximate surface area is 759 Å². The summed E-state index contributed by atoms with van der Waals surface area (Å²) in [4.78, 5) is 31.2. The van der Waals surface area contributed by atoms with Gasteiger partial charge < -0.3 is 4.42 Å². The van der Waals surface area contributed by atoms with Crippen molar-refractivity contribution in [3.05, 3.63) is 457 Å². The van der Waals surface area contributed by atoms with Gasteiger partial charge in [0.05, 0.1) is 37.2 Å². The topological polar surface area (TPSA) is 90.5 Å². The molecule has 0 saturated carbocycles. The van der Waals surface area contributed by atoms with E-state index in [9.17, 15) is 0 Å². The number of benzene rings is 18. The van der Waals surface area contributed by atoms with Crippen LogP contribution in [0.5, 0.6) is 0 Å². The average Bonchev–Trinajstić information content (AvgIpc) is 1.54. The van der Waals surface area contributed by atoms with Crippen LogP contribution in [0, 0.1) is 0 Å². The van der Waals surface area contributed by atoms with Crippen molar-refractivity contribution in [2.75, 3.05) is 0 Å². The van der Waals surface area contributed by atoms with Gasteiger partial charge in [-0.25, -0.2) is 29.9 Å². The molecule has 0 unspecified atom stereocenters. The van der Waals surface area contributed by atoms with E-state index in [0.29, 0.717) is 11.4 Å². The summed E-state index contributed by atoms with van der Waals surface area (Å²) in [7, 11) is 0. The van der Waals surface area contributed by atoms with E-state index in [4.69, 9.17) is 34.3 Å². The largest absolute Gasteiger partial charge is 0.452 e. The lowest BCUT2D eigenvalue weighted by Gasteiger charge is -2.34. The number of aromatic nitrogens is 6. The molecule has 0 fully saturated rings. The molecule has 24 aromatic rings. The molecule has 0 N–H and O–H groups in total. The zero-order chi connectivity index (χ0) is 86.5. The monoisotopic (exact) mass is 1700 g/mol. The zero-order valence-corrected chi connectivity index (χ0v) is 73.3. The van der Waals surface area contributed by atoms with Gasteiger partial charge in [-0.15, -0.1) is 22.7 Å². The van der Waals surface area contributed by atoms with Crippen LogP contribution in [0.3, 0.4) is 0 Å². The number of thiophene rings is 2. The number of nitrogens with zero attached hydrogens (tertiary/aromatic N) is 6. The quantitative estimate of drug-likeness (QED) is 0.142. The van der Waals surface area contributed by atoms with Gasteiger partial charge in [0.1, 0.15) is 16.8 Å². The summed E-state index contributed by atoms with van der Waals surface area (Å²) in [5.41, 5.74) is 33.8. The average molecular weight is 1700 g/mol. The highest BCUT2D eigenvalue weighted by Gasteiger charge is 2.47. The van der Waals surface area contributed by atoms with E-state index >= 15 is 0 Å². The van der Waals surface area contributed by atoms with Gasteiger partial charge in [-0.3, -0.25) is 0 Å². The standard InChI is InChI=1S/C45H28N2O.C41H28N2S.C35H24N2S/c1-4-14-30(15-5-1)41-43-42(36-21-11-13-23-39(36)48-43)47-44(46-41)31-25-24-29-26-27-35-34-20-10-12-22-38(34)45(40(35)37(29)28-31,32-16-6-2-7-17-32)33-18-8-3-9-19-33;1-41(2)34-20-8-6-17-30(34)33-24-32-27(23-35(33)41)15-11-19-29(32)26-14-10-16-28(22-26)40-42-37(25-12-4-3-5-13-25)39-38(43-40)31-18-7-9-21-36(31)44-39;1-35(2)28-14-8-6-12-25(28)27-19-22-16-17-23(18-24(22)20-29(27)35)34-36-31(21-10-4-3-5-11-21)33-32(37-34)26-13-7-9-15-30(26)38-33/h1-28H;3-24H,1-2H3;3-20H,1-2H3. The molecule has 0 radical (unpaired) electrons. The van der Waals surface area contributed by atoms with Crippen LogP contribution in [0.25, 0.3) is 207 Å². The Kier molecular flexibility index (Phi) is 17.8. The van der Waals surface area contributed by atoms with E-state index in [1.807, 2.05) is 36.4 Å². The predicted octanol–water partition coefficient (Wildman–Crippen LogP) is 32.2. The zero-order valence-electron chi connectivity index (χ0n) is 71.7. The minimum absolute atomic E-state index is 0.0195. The van der Waals surface area contributed by atoms with Crippen LogP contribution < -0.4 is 0 Å². The molecule has 7 nitrogen and oxygen atoms in total. The van der Waals surface area contributed by atoms with Crippen LogP contribution in [-0.2, 0) is 16.2 Å². The maximum Gasteiger partial charge on any atom is 0.180 e. The molecule has 0 amide bonds. The maximum atomic E-state index is 6.40. The summed E-state index contributed by atoms with van der Waals surface area (Å²) in [5.74, 6) is 2.19. The lowest BCUT2D eigenvalue weighted by molar-refractivity contribution is 0.661. The summed E-state index contributed by atoms with van der Waals surface area (Å²) >= 11 is 3.54. The maximum absolute atomic E-state index is 6.40. The van der Waals surface area contributed by atoms with Gasteiger partial charge in [0.15, 0.2) is 23.1 Å². The molecule has 130 heavy (non-hydrogen) atoms. The molecule has 9 heteroatoms. The van der Waals surface area contributed by atoms with Crippen LogP contribution in [0.1, 0.15) is 72.2 Å². The van der Waals surface area contributed by atoms with Crippen molar-refractivity contribution in [3.63, 3.8) is 0 Å². The number of rotatable bonds is 9. The van der Waals surface area contributed by atoms with E-state index in [-0.39, 0.29) is 10.8 Å². The SMILES string of the molecule is CC1(C)c2ccccc2-c2cc3c(-c4cccc(-c5nc(-c6ccccc6)c6sc7ccccc7c6n5)c4)cccc3cc21.CC1(C)c2ccccc2-c2cc3ccc(-c4nc(-c5ccccc5)c5sc6ccccc6c5n4)cc3cc21.c1ccc(-c2nc(-c3ccc4ccc5c(c4c3)C(c3ccccc3)(c3ccccc3)c3ccccc3-5)nc3c2oc2ccccc23)cc1. The van der Waals surface area contributed by atoms with E-state index in [2.05, 4.69) is 404 Å². The Hall–Kier alpha value is -15.8. The Morgan fingerprint density at radius 2 is 0.654 bits per heavy atom. The van der Waals surface area contributed by atoms with Gasteiger partial charge >= 0.3 is 0 Å². The molecule has 0 atom stereocenters. The Balaban J connectivity index is 0.000000106. The number of hydrogen-bond donors (Lipinski definition) is 0. The minimum Gasteiger partial charge on any atom is -0.452 e. The van der Waals surface area contributed by atoms with Crippen LogP contribution in [0.2, 0.25) is 0 Å². The molecule has 6 aromatic heterocycles. The molecule has 0 spiro atoms. The predicted molar refractivity (Wildman–Crippen MR) is 542 cm³/mol. The highest BCUT2D eigenvalue weighted by Crippen LogP contribution is 2.60. The number of fused-ring (bicyclic) bond motifs is 22. The highest BCUT2D eigenvalue weighted by molar-refractivity contribution is 7.26. The molecule has 27 rings (SSSR count). The first-order valence-electron chi connectivity index (χ1n) is 44.4. The lowest BCUT2D eigenvalue weighted by atomic mass is 9.66. The molecule has 0 bridgehead atoms. The van der Waals surface area contributed by atoms with Gasteiger partial charge in [0.25, 0.3) is 0 Å². The number of para-hydroxylation sites is 1. The van der Waals surface area contributed by atoms with E-state index < -0.39 is 5.41 Å². The molecule has 612 valence electrons. The summed E-state index contributed by atoms with van der Waals surface area (Å²) in [6, 6.07) is 148. The summed E-state index contributed by atoms with van der Waals surface area (Å²) in [5, 5.41) is 10.7. The van der Waals surface area contributed by atoms with Gasteiger partial charge in [-0.2, -0.15) is 0 Å². The molecule has 3 aliphatic rings. The van der Waals surface area contributed by atoms with E-state index in [1.54, 1.807) is 22.7 Å². The van der Waals surface area contributed by atoms with Crippen molar-refractivity contribution in [2.45, 2.75) is 43.9 Å². The van der Waals surface area contributed by atoms with Crippen molar-refractivity contribution >= 4 is 118 Å². The fourth-order valence-electron chi connectivity index (χ4n) is 21.1. The lowest BCUT2D eigenvalue weighted by Crippen LogP contribution is -2.28. The first kappa shape index (κ1) is 76.6. The second-order valence-electron chi connectivity index (χ2n) is 35.4. The van der Waals surface area contributed by atoms with Crippen molar-refractivity contribution in [3.8, 4) is 112 Å². The normalized spacial score (nSPS) is 13.4. The van der Waals surface area contributed by atoms with Crippen LogP contribution in [0.4, 0.5) is 0 Å². The minimum atomic E-state index is -0.507. The first-order valence-corrected chi connectivity index (χ1v) is 46.1. The fourth-order valence-corrected chi connectivity index (χ4v) is 23.4. The van der Waals surface area contributed by atoms with Crippen molar-refractivity contribution in [1.82, 2.24) is 29.9 Å². The second kappa shape index (κ2) is 30.2. The highest BCUT2D eigenvalue weighted by atomic mass is 32.1. The van der Waals surface area contributed by atoms with Crippen molar-refractivity contribution in [2.24, 2.45) is 0 Å². The number of hydrogen-bond acceptors (Lipinski definition) is 9. The third kappa shape index (κ3) is 12.2. The van der Waals surface area contributed by atoms with Crippen molar-refractivity contribution in [1.29, 1.82) is 0 Å². The summed E-state index contributed by atoms with van der Waals surface area (Å²) in [6.45, 7) is 9.35. The molecular formula is C121H80N6OS2. The molecule has 18 aromatic carbocycles. The van der Waals surface area contributed by atoms with Gasteiger partial charge in [-0.1, -0.05) is 373 Å². The molecule has 0 saturated heterocycles. The molecular weight excluding hydrogens is 1620 g/mol. The van der Waals surface area contributed by atoms with Gasteiger partial charge in [-0.05, 0) is 188 Å². The smallest absolute Gasteiger partial charge is 0.180 e. The Morgan fingerprint density at radius 1 is 0.231 bits per heavy atom. The fraction of sp³-hybridized carbons (Fsp3) is 0.0579. The molecule has 3 aliphatic carbocycles. The second-order valence-corrected chi connectivity index (χ2v) is 37.5. The van der Waals surface area contributed by atoms with Crippen LogP contribution >= 0.6 is 22.7 Å². The molecule has 0 aliphatic heterocycles. The van der Waals surface area contributed by atoms with E-state index in [1.165, 1.54) is 142 Å². The Bertz CT molecular complexity index is 8700. The van der Waals surface area contributed by atoms with Crippen molar-refractivity contribution < 1.29 is 4.42 Å². The van der Waals surface area contributed by atoms with Crippen LogP contribution in [-0.4, -0.2) is 29.9 Å². The Morgan fingerprint density at radius 3 is 1.25 bits per heavy atom. The van der Waals surface area contributed by atoms with E-state index in [0.717, 1.165) is 99.0 Å². The van der Waals surface area contributed by atoms with Crippen LogP contribution in [0.15, 0.2) is 417 Å². The number of furan rings is 1. The van der Waals surface area contributed by atoms with Gasteiger partial charge in [0.2, 0.25) is 0 Å². The van der Waals surface area contributed by atoms with Gasteiger partial charge in [0, 0.05) is 69.8 Å². The first-order chi connectivity index (χ1) is 63.9. The summed E-state index contributed by atoms with van der Waals surface area (Å²) < 4.78 is 11.1. The molecule has 6 heterocycles. The summed E-state index contributed by atoms with van der Waals surface area (Å²) in [6.07, 6.45) is 0. The third-order valence-corrected chi connectivity index (χ3v) is 29.6. The third-order valence-electron chi connectivity index (χ3n) is 27.3.